The molecule has 1 unspecified atom stereocenters. The van der Waals surface area contributed by atoms with E-state index in [1.54, 1.807) is 0 Å². The molecule has 0 bridgehead atoms. The Bertz CT molecular complexity index is 707. The van der Waals surface area contributed by atoms with Crippen LogP contribution in [0.5, 0.6) is 0 Å². The molecule has 24 heavy (non-hydrogen) atoms. The minimum absolute atomic E-state index is 0.0416. The monoisotopic (exact) mass is 327 g/mol. The normalized spacial score (nSPS) is 12.3. The van der Waals surface area contributed by atoms with Gasteiger partial charge in [-0.15, -0.1) is 0 Å². The predicted molar refractivity (Wildman–Crippen MR) is 95.9 cm³/mol. The Balaban J connectivity index is 2.04. The number of hydrogen-bond acceptors (Lipinski definition) is 2. The molecule has 2 N–H and O–H groups in total. The Morgan fingerprint density at radius 3 is 2.29 bits per heavy atom. The Labute approximate surface area is 142 Å². The molecule has 4 heteroatoms. The van der Waals surface area contributed by atoms with Crippen LogP contribution in [0.25, 0.3) is 10.8 Å². The van der Waals surface area contributed by atoms with Gasteiger partial charge in [-0.3, -0.25) is 9.59 Å². The highest BCUT2D eigenvalue weighted by atomic mass is 16.4. The van der Waals surface area contributed by atoms with Crippen molar-refractivity contribution in [3.8, 4) is 0 Å². The first kappa shape index (κ1) is 18.0. The number of hydrogen-bond donors (Lipinski definition) is 2. The molecule has 0 aliphatic carbocycles. The molecular weight excluding hydrogens is 302 g/mol. The number of carbonyl (C=O) groups excluding carboxylic acids is 1. The van der Waals surface area contributed by atoms with Crippen molar-refractivity contribution in [2.75, 3.05) is 6.54 Å². The fourth-order valence-electron chi connectivity index (χ4n) is 2.92. The molecule has 1 amide bonds. The third-order valence-corrected chi connectivity index (χ3v) is 4.52. The van der Waals surface area contributed by atoms with Crippen LogP contribution in [0.3, 0.4) is 0 Å². The van der Waals surface area contributed by atoms with Gasteiger partial charge in [-0.1, -0.05) is 56.3 Å². The SMILES string of the molecule is CCC(CC)C(=O)NCC(Cc1ccc2ccccc2c1)C(=O)O. The van der Waals surface area contributed by atoms with Crippen LogP contribution in [0, 0.1) is 11.8 Å². The van der Waals surface area contributed by atoms with Crippen molar-refractivity contribution in [3.63, 3.8) is 0 Å². The van der Waals surface area contributed by atoms with Crippen molar-refractivity contribution in [2.24, 2.45) is 11.8 Å². The van der Waals surface area contributed by atoms with Crippen LogP contribution in [0.15, 0.2) is 42.5 Å². The molecule has 0 saturated carbocycles. The van der Waals surface area contributed by atoms with Crippen LogP contribution < -0.4 is 5.32 Å². The van der Waals surface area contributed by atoms with E-state index in [0.29, 0.717) is 6.42 Å². The summed E-state index contributed by atoms with van der Waals surface area (Å²) in [6.07, 6.45) is 1.94. The number of carboxylic acids is 1. The Morgan fingerprint density at radius 2 is 1.67 bits per heavy atom. The van der Waals surface area contributed by atoms with E-state index in [1.807, 2.05) is 56.3 Å². The lowest BCUT2D eigenvalue weighted by molar-refractivity contribution is -0.141. The molecule has 0 fully saturated rings. The largest absolute Gasteiger partial charge is 0.481 e. The van der Waals surface area contributed by atoms with Crippen LogP contribution in [-0.2, 0) is 16.0 Å². The highest BCUT2D eigenvalue weighted by Crippen LogP contribution is 2.18. The standard InChI is InChI=1S/C20H25NO3/c1-3-15(4-2)19(22)21-13-18(20(23)24)12-14-9-10-16-7-5-6-8-17(16)11-14/h5-11,15,18H,3-4,12-13H2,1-2H3,(H,21,22)(H,23,24). The van der Waals surface area contributed by atoms with Gasteiger partial charge in [0.15, 0.2) is 0 Å². The third kappa shape index (κ3) is 4.57. The van der Waals surface area contributed by atoms with Gasteiger partial charge in [0.2, 0.25) is 5.91 Å². The van der Waals surface area contributed by atoms with Gasteiger partial charge in [0, 0.05) is 12.5 Å². The third-order valence-electron chi connectivity index (χ3n) is 4.52. The highest BCUT2D eigenvalue weighted by Gasteiger charge is 2.21. The van der Waals surface area contributed by atoms with Crippen LogP contribution in [0.4, 0.5) is 0 Å². The number of nitrogens with one attached hydrogen (secondary N) is 1. The van der Waals surface area contributed by atoms with E-state index in [4.69, 9.17) is 0 Å². The van der Waals surface area contributed by atoms with E-state index < -0.39 is 11.9 Å². The maximum Gasteiger partial charge on any atom is 0.308 e. The second-order valence-corrected chi connectivity index (χ2v) is 6.18. The van der Waals surface area contributed by atoms with E-state index >= 15 is 0 Å². The molecule has 2 aromatic rings. The van der Waals surface area contributed by atoms with Crippen molar-refractivity contribution in [2.45, 2.75) is 33.1 Å². The molecule has 128 valence electrons. The summed E-state index contributed by atoms with van der Waals surface area (Å²) >= 11 is 0. The molecule has 2 aromatic carbocycles. The summed E-state index contributed by atoms with van der Waals surface area (Å²) in [6, 6.07) is 14.0. The molecule has 0 aliphatic heterocycles. The topological polar surface area (TPSA) is 66.4 Å². The summed E-state index contributed by atoms with van der Waals surface area (Å²) in [7, 11) is 0. The van der Waals surface area contributed by atoms with Crippen LogP contribution in [0.2, 0.25) is 0 Å². The van der Waals surface area contributed by atoms with Crippen molar-refractivity contribution < 1.29 is 14.7 Å². The summed E-state index contributed by atoms with van der Waals surface area (Å²) in [5.41, 5.74) is 0.970. The lowest BCUT2D eigenvalue weighted by Gasteiger charge is -2.17. The van der Waals surface area contributed by atoms with Gasteiger partial charge in [-0.2, -0.15) is 0 Å². The van der Waals surface area contributed by atoms with Gasteiger partial charge < -0.3 is 10.4 Å². The average molecular weight is 327 g/mol. The van der Waals surface area contributed by atoms with E-state index in [0.717, 1.165) is 29.2 Å². The van der Waals surface area contributed by atoms with E-state index in [1.165, 1.54) is 0 Å². The van der Waals surface area contributed by atoms with Crippen molar-refractivity contribution in [1.29, 1.82) is 0 Å². The lowest BCUT2D eigenvalue weighted by atomic mass is 9.96. The molecule has 1 atom stereocenters. The number of fused-ring (bicyclic) bond motifs is 1. The predicted octanol–water partition coefficient (Wildman–Crippen LogP) is 3.64. The zero-order chi connectivity index (χ0) is 17.5. The second kappa shape index (κ2) is 8.48. The Morgan fingerprint density at radius 1 is 1.00 bits per heavy atom. The minimum Gasteiger partial charge on any atom is -0.481 e. The number of carbonyl (C=O) groups is 2. The van der Waals surface area contributed by atoms with Crippen LogP contribution in [-0.4, -0.2) is 23.5 Å². The van der Waals surface area contributed by atoms with Gasteiger partial charge in [-0.05, 0) is 35.6 Å². The first-order valence-electron chi connectivity index (χ1n) is 8.53. The second-order valence-electron chi connectivity index (χ2n) is 6.18. The molecule has 4 nitrogen and oxygen atoms in total. The number of amides is 1. The van der Waals surface area contributed by atoms with E-state index in [-0.39, 0.29) is 18.4 Å². The van der Waals surface area contributed by atoms with Gasteiger partial charge in [0.1, 0.15) is 0 Å². The molecule has 0 aliphatic rings. The molecule has 2 rings (SSSR count). The Hall–Kier alpha value is -2.36. The fourth-order valence-corrected chi connectivity index (χ4v) is 2.92. The fraction of sp³-hybridized carbons (Fsp3) is 0.400. The number of benzene rings is 2. The average Bonchev–Trinajstić information content (AvgIpc) is 2.59. The minimum atomic E-state index is -0.881. The van der Waals surface area contributed by atoms with Gasteiger partial charge >= 0.3 is 5.97 Å². The molecule has 0 heterocycles. The molecular formula is C20H25NO3. The van der Waals surface area contributed by atoms with Crippen LogP contribution in [0.1, 0.15) is 32.3 Å². The smallest absolute Gasteiger partial charge is 0.308 e. The zero-order valence-electron chi connectivity index (χ0n) is 14.3. The summed E-state index contributed by atoms with van der Waals surface area (Å²) in [5.74, 6) is -1.60. The maximum absolute atomic E-state index is 12.1. The van der Waals surface area contributed by atoms with Gasteiger partial charge in [-0.25, -0.2) is 0 Å². The molecule has 0 aromatic heterocycles. The van der Waals surface area contributed by atoms with E-state index in [2.05, 4.69) is 5.32 Å². The molecule has 0 radical (unpaired) electrons. The van der Waals surface area contributed by atoms with Crippen LogP contribution >= 0.6 is 0 Å². The quantitative estimate of drug-likeness (QED) is 0.778. The molecule has 0 spiro atoms. The van der Waals surface area contributed by atoms with Crippen molar-refractivity contribution in [3.05, 3.63) is 48.0 Å². The zero-order valence-corrected chi connectivity index (χ0v) is 14.3. The summed E-state index contributed by atoms with van der Waals surface area (Å²) in [6.45, 7) is 4.10. The first-order chi connectivity index (χ1) is 11.5. The summed E-state index contributed by atoms with van der Waals surface area (Å²) in [5, 5.41) is 14.5. The van der Waals surface area contributed by atoms with Gasteiger partial charge in [0.25, 0.3) is 0 Å². The summed E-state index contributed by atoms with van der Waals surface area (Å²) in [4.78, 5) is 23.6. The number of carboxylic acid groups (broad SMARTS) is 1. The highest BCUT2D eigenvalue weighted by molar-refractivity contribution is 5.83. The summed E-state index contributed by atoms with van der Waals surface area (Å²) < 4.78 is 0. The Kier molecular flexibility index (Phi) is 6.36. The maximum atomic E-state index is 12.1. The first-order valence-corrected chi connectivity index (χ1v) is 8.53. The number of aliphatic carboxylic acids is 1. The van der Waals surface area contributed by atoms with E-state index in [9.17, 15) is 14.7 Å². The van der Waals surface area contributed by atoms with Crippen molar-refractivity contribution in [1.82, 2.24) is 5.32 Å². The lowest BCUT2D eigenvalue weighted by Crippen LogP contribution is -2.37. The van der Waals surface area contributed by atoms with Gasteiger partial charge in [0.05, 0.1) is 5.92 Å². The van der Waals surface area contributed by atoms with Crippen molar-refractivity contribution >= 4 is 22.6 Å². The molecule has 0 saturated heterocycles. The number of rotatable bonds is 8.